The molecule has 2 aliphatic rings. The van der Waals surface area contributed by atoms with Crippen molar-refractivity contribution < 1.29 is 32.2 Å². The van der Waals surface area contributed by atoms with Crippen LogP contribution in [0.1, 0.15) is 84.1 Å². The van der Waals surface area contributed by atoms with E-state index in [-0.39, 0.29) is 30.4 Å². The molecule has 0 unspecified atom stereocenters. The van der Waals surface area contributed by atoms with E-state index in [9.17, 15) is 18.0 Å². The lowest BCUT2D eigenvalue weighted by Gasteiger charge is -2.31. The Balaban J connectivity index is 1.47. The van der Waals surface area contributed by atoms with E-state index in [2.05, 4.69) is 10.3 Å². The molecule has 10 heteroatoms. The van der Waals surface area contributed by atoms with Crippen LogP contribution in [0.2, 0.25) is 0 Å². The minimum atomic E-state index is -4.36. The van der Waals surface area contributed by atoms with Crippen LogP contribution in [0.3, 0.4) is 0 Å². The maximum absolute atomic E-state index is 12.9. The van der Waals surface area contributed by atoms with Gasteiger partial charge in [0.2, 0.25) is 0 Å². The molecule has 4 rings (SSSR count). The highest BCUT2D eigenvalue weighted by Gasteiger charge is 2.31. The van der Waals surface area contributed by atoms with Crippen LogP contribution in [-0.4, -0.2) is 48.4 Å². The Morgan fingerprint density at radius 2 is 1.83 bits per heavy atom. The van der Waals surface area contributed by atoms with Gasteiger partial charge in [0.25, 0.3) is 0 Å². The minimum absolute atomic E-state index is 0.100. The molecule has 1 N–H and O–H groups in total. The zero-order chi connectivity index (χ0) is 25.7. The predicted octanol–water partition coefficient (Wildman–Crippen LogP) is 5.60. The molecular weight excluding hydrogens is 475 g/mol. The number of hydrogen-bond donors (Lipinski definition) is 1. The maximum atomic E-state index is 12.9. The molecular formula is C26H32F3N3O4. The Hall–Kier alpha value is -2.72. The molecule has 0 bridgehead atoms. The third kappa shape index (κ3) is 6.34. The van der Waals surface area contributed by atoms with Crippen molar-refractivity contribution in [3.8, 4) is 0 Å². The van der Waals surface area contributed by atoms with Crippen LogP contribution >= 0.6 is 0 Å². The first-order valence-electron chi connectivity index (χ1n) is 12.5. The normalized spacial score (nSPS) is 21.2. The summed E-state index contributed by atoms with van der Waals surface area (Å²) < 4.78 is 55.6. The van der Waals surface area contributed by atoms with Gasteiger partial charge < -0.3 is 19.5 Å². The summed E-state index contributed by atoms with van der Waals surface area (Å²) in [4.78, 5) is 21.9. The van der Waals surface area contributed by atoms with Crippen molar-refractivity contribution in [3.05, 3.63) is 52.5 Å². The number of esters is 1. The van der Waals surface area contributed by atoms with Crippen LogP contribution in [0, 0.1) is 6.92 Å². The van der Waals surface area contributed by atoms with Gasteiger partial charge in [0, 0.05) is 31.2 Å². The molecule has 196 valence electrons. The number of carbonyl (C=O) groups is 1. The van der Waals surface area contributed by atoms with Crippen LogP contribution < -0.4 is 5.32 Å². The molecule has 0 spiro atoms. The summed E-state index contributed by atoms with van der Waals surface area (Å²) in [5.74, 6) is 0.782. The third-order valence-corrected chi connectivity index (χ3v) is 6.67. The molecule has 0 saturated carbocycles. The van der Waals surface area contributed by atoms with E-state index in [1.165, 1.54) is 12.1 Å². The number of nitrogens with one attached hydrogen (secondary N) is 1. The number of anilines is 1. The minimum Gasteiger partial charge on any atom is -0.461 e. The summed E-state index contributed by atoms with van der Waals surface area (Å²) in [6.45, 7) is 5.49. The van der Waals surface area contributed by atoms with Crippen LogP contribution in [0.15, 0.2) is 24.3 Å². The summed E-state index contributed by atoms with van der Waals surface area (Å²) in [6.07, 6.45) is -0.773. The highest BCUT2D eigenvalue weighted by Crippen LogP contribution is 2.35. The fraction of sp³-hybridized carbons (Fsp3) is 0.577. The van der Waals surface area contributed by atoms with Crippen molar-refractivity contribution in [2.45, 2.75) is 70.3 Å². The van der Waals surface area contributed by atoms with E-state index in [1.54, 1.807) is 13.8 Å². The van der Waals surface area contributed by atoms with E-state index < -0.39 is 17.7 Å². The highest BCUT2D eigenvalue weighted by atomic mass is 19.4. The van der Waals surface area contributed by atoms with Gasteiger partial charge in [-0.25, -0.2) is 14.8 Å². The topological polar surface area (TPSA) is 82.6 Å². The van der Waals surface area contributed by atoms with E-state index in [0.717, 1.165) is 49.8 Å². The van der Waals surface area contributed by atoms with E-state index >= 15 is 0 Å². The lowest BCUT2D eigenvalue weighted by molar-refractivity contribution is -0.137. The van der Waals surface area contributed by atoms with Gasteiger partial charge in [-0.05, 0) is 63.6 Å². The Labute approximate surface area is 208 Å². The first-order chi connectivity index (χ1) is 17.3. The summed E-state index contributed by atoms with van der Waals surface area (Å²) in [7, 11) is 0. The molecule has 2 aliphatic heterocycles. The molecule has 0 aliphatic carbocycles. The fourth-order valence-electron chi connectivity index (χ4n) is 4.63. The number of rotatable bonds is 7. The molecule has 2 saturated heterocycles. The zero-order valence-corrected chi connectivity index (χ0v) is 20.6. The molecule has 2 aromatic rings. The largest absolute Gasteiger partial charge is 0.461 e. The number of hydrogen-bond acceptors (Lipinski definition) is 7. The average Bonchev–Trinajstić information content (AvgIpc) is 2.88. The summed E-state index contributed by atoms with van der Waals surface area (Å²) >= 11 is 0. The Bertz CT molecular complexity index is 1040. The number of alkyl halides is 3. The lowest BCUT2D eigenvalue weighted by atomic mass is 9.97. The smallest absolute Gasteiger partial charge is 0.416 e. The van der Waals surface area contributed by atoms with Gasteiger partial charge in [0.15, 0.2) is 5.69 Å². The van der Waals surface area contributed by atoms with Gasteiger partial charge in [-0.1, -0.05) is 12.1 Å². The molecule has 1 aromatic heterocycles. The van der Waals surface area contributed by atoms with Gasteiger partial charge in [-0.2, -0.15) is 13.2 Å². The molecule has 2 fully saturated rings. The van der Waals surface area contributed by atoms with Gasteiger partial charge in [0.1, 0.15) is 11.6 Å². The van der Waals surface area contributed by atoms with Crippen molar-refractivity contribution in [1.29, 1.82) is 0 Å². The summed E-state index contributed by atoms with van der Waals surface area (Å²) in [5, 5.41) is 3.34. The number of carbonyl (C=O) groups excluding carboxylic acids is 1. The quantitative estimate of drug-likeness (QED) is 0.489. The van der Waals surface area contributed by atoms with Crippen LogP contribution in [0.4, 0.5) is 19.0 Å². The Kier molecular flexibility index (Phi) is 8.46. The molecule has 0 amide bonds. The molecule has 3 heterocycles. The summed E-state index contributed by atoms with van der Waals surface area (Å²) in [5.41, 5.74) is 0.928. The second-order valence-electron chi connectivity index (χ2n) is 9.19. The van der Waals surface area contributed by atoms with E-state index in [0.29, 0.717) is 37.0 Å². The maximum Gasteiger partial charge on any atom is 0.416 e. The Morgan fingerprint density at radius 3 is 2.50 bits per heavy atom. The van der Waals surface area contributed by atoms with Crippen molar-refractivity contribution in [2.24, 2.45) is 0 Å². The van der Waals surface area contributed by atoms with Crippen molar-refractivity contribution in [1.82, 2.24) is 9.97 Å². The van der Waals surface area contributed by atoms with Crippen molar-refractivity contribution in [2.75, 3.05) is 31.7 Å². The second kappa shape index (κ2) is 11.6. The third-order valence-electron chi connectivity index (χ3n) is 6.67. The molecule has 0 radical (unpaired) electrons. The molecule has 1 aromatic carbocycles. The van der Waals surface area contributed by atoms with Crippen molar-refractivity contribution >= 4 is 11.8 Å². The summed E-state index contributed by atoms with van der Waals surface area (Å²) in [6, 6.07) is 5.17. The van der Waals surface area contributed by atoms with Gasteiger partial charge in [-0.15, -0.1) is 0 Å². The first-order valence-corrected chi connectivity index (χ1v) is 12.5. The fourth-order valence-corrected chi connectivity index (χ4v) is 4.63. The average molecular weight is 508 g/mol. The Morgan fingerprint density at radius 1 is 1.11 bits per heavy atom. The van der Waals surface area contributed by atoms with Crippen molar-refractivity contribution in [3.63, 3.8) is 0 Å². The predicted molar refractivity (Wildman–Crippen MR) is 127 cm³/mol. The molecule has 2 atom stereocenters. The number of halogens is 3. The lowest BCUT2D eigenvalue weighted by Crippen LogP contribution is -2.30. The number of ether oxygens (including phenoxy) is 3. The van der Waals surface area contributed by atoms with Gasteiger partial charge in [-0.3, -0.25) is 0 Å². The molecule has 7 nitrogen and oxygen atoms in total. The monoisotopic (exact) mass is 507 g/mol. The number of aromatic nitrogens is 2. The number of benzene rings is 1. The zero-order valence-electron chi connectivity index (χ0n) is 20.6. The van der Waals surface area contributed by atoms with E-state index in [4.69, 9.17) is 19.2 Å². The SMILES string of the molecule is CCOC(=O)c1nc(C2CCOCC2)nc(NC[C@H]2CCC[C@@H](c3ccc(C(F)(F)F)cc3)O2)c1C. The highest BCUT2D eigenvalue weighted by molar-refractivity contribution is 5.90. The van der Waals surface area contributed by atoms with Crippen LogP contribution in [0.25, 0.3) is 0 Å². The van der Waals surface area contributed by atoms with Crippen LogP contribution in [-0.2, 0) is 20.4 Å². The van der Waals surface area contributed by atoms with Crippen LogP contribution in [0.5, 0.6) is 0 Å². The second-order valence-corrected chi connectivity index (χ2v) is 9.19. The standard InChI is InChI=1S/C26H32F3N3O4/c1-3-35-25(33)22-16(2)23(32-24(31-22)18-11-13-34-14-12-18)30-15-20-5-4-6-21(36-20)17-7-9-19(10-8-17)26(27,28)29/h7-10,18,20-21H,3-6,11-15H2,1-2H3,(H,30,31,32)/t20-,21+/m1/s1. The van der Waals surface area contributed by atoms with Gasteiger partial charge >= 0.3 is 12.1 Å². The first kappa shape index (κ1) is 26.3. The van der Waals surface area contributed by atoms with Gasteiger partial charge in [0.05, 0.1) is 24.4 Å². The number of nitrogens with zero attached hydrogens (tertiary/aromatic N) is 2. The molecule has 36 heavy (non-hydrogen) atoms. The van der Waals surface area contributed by atoms with E-state index in [1.807, 2.05) is 0 Å².